The summed E-state index contributed by atoms with van der Waals surface area (Å²) >= 11 is 0. The van der Waals surface area contributed by atoms with E-state index in [4.69, 9.17) is 9.47 Å². The van der Waals surface area contributed by atoms with Crippen LogP contribution in [0.2, 0.25) is 0 Å². The van der Waals surface area contributed by atoms with Crippen molar-refractivity contribution in [3.05, 3.63) is 0 Å². The summed E-state index contributed by atoms with van der Waals surface area (Å²) in [6.07, 6.45) is 5.42. The highest BCUT2D eigenvalue weighted by Crippen LogP contribution is 2.22. The molecule has 0 aromatic rings. The standard InChI is InChI=1S/C12H20O4/c1-9(13)15-11-7-5-3-4-6-8-12(11)16-10(2)14/h11-12H,3-8H2,1-2H3. The first-order valence-corrected chi connectivity index (χ1v) is 5.94. The molecule has 1 saturated carbocycles. The molecule has 0 heterocycles. The Kier molecular flexibility index (Phi) is 5.29. The predicted molar refractivity (Wildman–Crippen MR) is 58.8 cm³/mol. The third-order valence-electron chi connectivity index (χ3n) is 2.78. The lowest BCUT2D eigenvalue weighted by Gasteiger charge is -2.28. The number of carbonyl (C=O) groups is 2. The van der Waals surface area contributed by atoms with E-state index >= 15 is 0 Å². The maximum atomic E-state index is 11.0. The lowest BCUT2D eigenvalue weighted by molar-refractivity contribution is -0.167. The quantitative estimate of drug-likeness (QED) is 0.680. The summed E-state index contributed by atoms with van der Waals surface area (Å²) in [5.74, 6) is -0.606. The fourth-order valence-electron chi connectivity index (χ4n) is 2.11. The van der Waals surface area contributed by atoms with Crippen LogP contribution in [0.4, 0.5) is 0 Å². The van der Waals surface area contributed by atoms with Gasteiger partial charge in [-0.15, -0.1) is 0 Å². The summed E-state index contributed by atoms with van der Waals surface area (Å²) in [7, 11) is 0. The fraction of sp³-hybridized carbons (Fsp3) is 0.833. The molecule has 92 valence electrons. The van der Waals surface area contributed by atoms with Crippen molar-refractivity contribution in [1.29, 1.82) is 0 Å². The molecule has 0 spiro atoms. The molecule has 1 aliphatic carbocycles. The van der Waals surface area contributed by atoms with Crippen molar-refractivity contribution in [1.82, 2.24) is 0 Å². The molecule has 4 heteroatoms. The van der Waals surface area contributed by atoms with Gasteiger partial charge >= 0.3 is 11.9 Å². The maximum absolute atomic E-state index is 11.0. The summed E-state index contributed by atoms with van der Waals surface area (Å²) in [5, 5.41) is 0. The molecule has 0 bridgehead atoms. The van der Waals surface area contributed by atoms with Gasteiger partial charge in [-0.3, -0.25) is 9.59 Å². The lowest BCUT2D eigenvalue weighted by Crippen LogP contribution is -2.35. The van der Waals surface area contributed by atoms with Crippen LogP contribution < -0.4 is 0 Å². The Hall–Kier alpha value is -1.06. The minimum atomic E-state index is -0.303. The van der Waals surface area contributed by atoms with E-state index in [-0.39, 0.29) is 24.1 Å². The van der Waals surface area contributed by atoms with E-state index in [0.29, 0.717) is 0 Å². The molecule has 4 nitrogen and oxygen atoms in total. The lowest BCUT2D eigenvalue weighted by atomic mass is 9.96. The van der Waals surface area contributed by atoms with Crippen molar-refractivity contribution in [2.24, 2.45) is 0 Å². The van der Waals surface area contributed by atoms with E-state index in [1.165, 1.54) is 13.8 Å². The Morgan fingerprint density at radius 1 is 0.812 bits per heavy atom. The van der Waals surface area contributed by atoms with Gasteiger partial charge in [-0.25, -0.2) is 0 Å². The first-order valence-electron chi connectivity index (χ1n) is 5.94. The van der Waals surface area contributed by atoms with Gasteiger partial charge in [-0.2, -0.15) is 0 Å². The van der Waals surface area contributed by atoms with E-state index in [9.17, 15) is 9.59 Å². The Morgan fingerprint density at radius 3 is 1.50 bits per heavy atom. The number of hydrogen-bond donors (Lipinski definition) is 0. The molecular formula is C12H20O4. The topological polar surface area (TPSA) is 52.6 Å². The Morgan fingerprint density at radius 2 is 1.19 bits per heavy atom. The highest BCUT2D eigenvalue weighted by molar-refractivity contribution is 5.67. The largest absolute Gasteiger partial charge is 0.459 e. The summed E-state index contributed by atoms with van der Waals surface area (Å²) in [4.78, 5) is 22.0. The molecule has 2 atom stereocenters. The van der Waals surface area contributed by atoms with Gasteiger partial charge < -0.3 is 9.47 Å². The molecule has 0 N–H and O–H groups in total. The normalized spacial score (nSPS) is 26.4. The SMILES string of the molecule is CC(=O)OC1CCCCCCC1OC(C)=O. The summed E-state index contributed by atoms with van der Waals surface area (Å²) < 4.78 is 10.4. The third-order valence-corrected chi connectivity index (χ3v) is 2.78. The van der Waals surface area contributed by atoms with E-state index in [1.54, 1.807) is 0 Å². The number of ether oxygens (including phenoxy) is 2. The molecule has 1 aliphatic rings. The summed E-state index contributed by atoms with van der Waals surface area (Å²) in [5.41, 5.74) is 0. The molecule has 0 aromatic carbocycles. The van der Waals surface area contributed by atoms with Crippen molar-refractivity contribution in [2.75, 3.05) is 0 Å². The van der Waals surface area contributed by atoms with Crippen LogP contribution in [0.3, 0.4) is 0 Å². The van der Waals surface area contributed by atoms with Crippen LogP contribution in [-0.4, -0.2) is 24.1 Å². The molecule has 0 radical (unpaired) electrons. The summed E-state index contributed by atoms with van der Waals surface area (Å²) in [6, 6.07) is 0. The van der Waals surface area contributed by atoms with Crippen LogP contribution in [0.5, 0.6) is 0 Å². The number of esters is 2. The predicted octanol–water partition coefficient (Wildman–Crippen LogP) is 2.20. The smallest absolute Gasteiger partial charge is 0.303 e. The average molecular weight is 228 g/mol. The van der Waals surface area contributed by atoms with Gasteiger partial charge in [0.05, 0.1) is 0 Å². The van der Waals surface area contributed by atoms with Crippen LogP contribution in [-0.2, 0) is 19.1 Å². The van der Waals surface area contributed by atoms with Gasteiger partial charge in [0.2, 0.25) is 0 Å². The highest BCUT2D eigenvalue weighted by Gasteiger charge is 2.27. The second kappa shape index (κ2) is 6.51. The van der Waals surface area contributed by atoms with E-state index in [0.717, 1.165) is 38.5 Å². The monoisotopic (exact) mass is 228 g/mol. The summed E-state index contributed by atoms with van der Waals surface area (Å²) in [6.45, 7) is 2.78. The van der Waals surface area contributed by atoms with Gasteiger partial charge in [0, 0.05) is 13.8 Å². The average Bonchev–Trinajstić information content (AvgIpc) is 2.15. The molecule has 0 aliphatic heterocycles. The van der Waals surface area contributed by atoms with E-state index in [1.807, 2.05) is 0 Å². The van der Waals surface area contributed by atoms with Crippen LogP contribution in [0.15, 0.2) is 0 Å². The second-order valence-electron chi connectivity index (χ2n) is 4.29. The molecule has 1 fully saturated rings. The van der Waals surface area contributed by atoms with Crippen molar-refractivity contribution in [3.8, 4) is 0 Å². The van der Waals surface area contributed by atoms with E-state index < -0.39 is 0 Å². The molecule has 1 rings (SSSR count). The maximum Gasteiger partial charge on any atom is 0.303 e. The molecular weight excluding hydrogens is 208 g/mol. The zero-order chi connectivity index (χ0) is 12.0. The van der Waals surface area contributed by atoms with Crippen molar-refractivity contribution in [3.63, 3.8) is 0 Å². The van der Waals surface area contributed by atoms with Gasteiger partial charge in [0.1, 0.15) is 12.2 Å². The molecule has 0 amide bonds. The molecule has 16 heavy (non-hydrogen) atoms. The van der Waals surface area contributed by atoms with Gasteiger partial charge in [0.15, 0.2) is 0 Å². The minimum Gasteiger partial charge on any atom is -0.459 e. The Bertz CT molecular complexity index is 223. The number of carbonyl (C=O) groups excluding carboxylic acids is 2. The zero-order valence-corrected chi connectivity index (χ0v) is 10.0. The van der Waals surface area contributed by atoms with Gasteiger partial charge in [0.25, 0.3) is 0 Å². The van der Waals surface area contributed by atoms with E-state index in [2.05, 4.69) is 0 Å². The van der Waals surface area contributed by atoms with Crippen molar-refractivity contribution in [2.45, 2.75) is 64.6 Å². The molecule has 0 saturated heterocycles. The van der Waals surface area contributed by atoms with Crippen LogP contribution in [0.25, 0.3) is 0 Å². The van der Waals surface area contributed by atoms with Gasteiger partial charge in [-0.1, -0.05) is 12.8 Å². The zero-order valence-electron chi connectivity index (χ0n) is 10.0. The second-order valence-corrected chi connectivity index (χ2v) is 4.29. The fourth-order valence-corrected chi connectivity index (χ4v) is 2.11. The van der Waals surface area contributed by atoms with Crippen molar-refractivity contribution < 1.29 is 19.1 Å². The van der Waals surface area contributed by atoms with Gasteiger partial charge in [-0.05, 0) is 25.7 Å². The third kappa shape index (κ3) is 4.64. The molecule has 0 aromatic heterocycles. The highest BCUT2D eigenvalue weighted by atomic mass is 16.6. The van der Waals surface area contributed by atoms with Crippen LogP contribution >= 0.6 is 0 Å². The first-order chi connectivity index (χ1) is 7.59. The minimum absolute atomic E-state index is 0.262. The van der Waals surface area contributed by atoms with Crippen LogP contribution in [0.1, 0.15) is 52.4 Å². The Balaban J connectivity index is 2.60. The first kappa shape index (κ1) is 13.0. The number of hydrogen-bond acceptors (Lipinski definition) is 4. The van der Waals surface area contributed by atoms with Crippen molar-refractivity contribution >= 4 is 11.9 Å². The molecule has 2 unspecified atom stereocenters. The Labute approximate surface area is 96.3 Å². The number of rotatable bonds is 2. The van der Waals surface area contributed by atoms with Crippen LogP contribution in [0, 0.1) is 0 Å².